The van der Waals surface area contributed by atoms with Crippen LogP contribution in [0, 0.1) is 0 Å². The molecule has 15 heavy (non-hydrogen) atoms. The van der Waals surface area contributed by atoms with Crippen molar-refractivity contribution in [2.45, 2.75) is 0 Å². The minimum Gasteiger partial charge on any atom is -0.328 e. The molecule has 1 aromatic heterocycles. The van der Waals surface area contributed by atoms with Crippen molar-refractivity contribution in [3.63, 3.8) is 0 Å². The smallest absolute Gasteiger partial charge is 0.267 e. The summed E-state index contributed by atoms with van der Waals surface area (Å²) in [5, 5.41) is 1.06. The van der Waals surface area contributed by atoms with E-state index in [0.717, 1.165) is 0 Å². The van der Waals surface area contributed by atoms with Gasteiger partial charge in [0.1, 0.15) is 0 Å². The van der Waals surface area contributed by atoms with Crippen molar-refractivity contribution >= 4 is 16.7 Å². The molecule has 5 nitrogen and oxygen atoms in total. The molecule has 0 aliphatic heterocycles. The Morgan fingerprint density at radius 3 is 2.60 bits per heavy atom. The van der Waals surface area contributed by atoms with Crippen LogP contribution in [0.5, 0.6) is 0 Å². The van der Waals surface area contributed by atoms with E-state index in [1.807, 2.05) is 5.43 Å². The molecule has 0 fully saturated rings. The fourth-order valence-corrected chi connectivity index (χ4v) is 1.47. The van der Waals surface area contributed by atoms with E-state index in [9.17, 15) is 9.59 Å². The van der Waals surface area contributed by atoms with E-state index in [0.29, 0.717) is 16.3 Å². The maximum atomic E-state index is 11.4. The van der Waals surface area contributed by atoms with Gasteiger partial charge in [-0.05, 0) is 6.07 Å². The molecule has 2 aromatic rings. The van der Waals surface area contributed by atoms with Crippen LogP contribution in [0.2, 0.25) is 0 Å². The maximum Gasteiger partial charge on any atom is 0.267 e. The summed E-state index contributed by atoms with van der Waals surface area (Å²) in [5.41, 5.74) is 2.16. The number of rotatable bonds is 1. The number of aromatic nitrogens is 1. The van der Waals surface area contributed by atoms with Gasteiger partial charge in [0.15, 0.2) is 0 Å². The van der Waals surface area contributed by atoms with Crippen molar-refractivity contribution in [2.24, 2.45) is 5.84 Å². The summed E-state index contributed by atoms with van der Waals surface area (Å²) in [6.45, 7) is 0. The van der Waals surface area contributed by atoms with Crippen LogP contribution in [0.3, 0.4) is 0 Å². The van der Waals surface area contributed by atoms with Gasteiger partial charge in [0, 0.05) is 17.0 Å². The van der Waals surface area contributed by atoms with Crippen LogP contribution in [0.25, 0.3) is 10.8 Å². The first kappa shape index (κ1) is 9.42. The number of nitrogens with two attached hydrogens (primary N) is 1. The molecule has 0 saturated carbocycles. The lowest BCUT2D eigenvalue weighted by Crippen LogP contribution is -2.30. The highest BCUT2D eigenvalue weighted by molar-refractivity contribution is 6.06. The van der Waals surface area contributed by atoms with Crippen molar-refractivity contribution in [2.75, 3.05) is 0 Å². The molecule has 0 aliphatic carbocycles. The van der Waals surface area contributed by atoms with Gasteiger partial charge in [-0.3, -0.25) is 15.0 Å². The highest BCUT2D eigenvalue weighted by Crippen LogP contribution is 2.13. The number of benzene rings is 1. The van der Waals surface area contributed by atoms with Crippen molar-refractivity contribution in [3.05, 3.63) is 46.4 Å². The van der Waals surface area contributed by atoms with Gasteiger partial charge in [-0.1, -0.05) is 18.2 Å². The number of hydrogen-bond donors (Lipinski definition) is 3. The van der Waals surface area contributed by atoms with Crippen LogP contribution >= 0.6 is 0 Å². The van der Waals surface area contributed by atoms with E-state index >= 15 is 0 Å². The molecule has 4 N–H and O–H groups in total. The summed E-state index contributed by atoms with van der Waals surface area (Å²) in [6.07, 6.45) is 1.35. The monoisotopic (exact) mass is 203 g/mol. The Balaban J connectivity index is 2.83. The second kappa shape index (κ2) is 3.55. The number of fused-ring (bicyclic) bond motifs is 1. The topological polar surface area (TPSA) is 88.0 Å². The highest BCUT2D eigenvalue weighted by atomic mass is 16.2. The Bertz CT molecular complexity index is 574. The zero-order chi connectivity index (χ0) is 10.8. The molecule has 1 aromatic carbocycles. The van der Waals surface area contributed by atoms with Gasteiger partial charge >= 0.3 is 0 Å². The van der Waals surface area contributed by atoms with Crippen molar-refractivity contribution in [1.82, 2.24) is 10.4 Å². The minimum absolute atomic E-state index is 0.223. The first-order chi connectivity index (χ1) is 7.24. The highest BCUT2D eigenvalue weighted by Gasteiger charge is 2.09. The Kier molecular flexibility index (Phi) is 2.23. The molecule has 5 heteroatoms. The quantitative estimate of drug-likeness (QED) is 0.349. The third-order valence-corrected chi connectivity index (χ3v) is 2.19. The van der Waals surface area contributed by atoms with E-state index in [-0.39, 0.29) is 5.56 Å². The van der Waals surface area contributed by atoms with E-state index in [1.54, 1.807) is 24.3 Å². The number of hydrazine groups is 1. The molecule has 0 bridgehead atoms. The molecule has 76 valence electrons. The first-order valence-electron chi connectivity index (χ1n) is 4.35. The number of aromatic amines is 1. The van der Waals surface area contributed by atoms with Crippen LogP contribution in [-0.4, -0.2) is 10.9 Å². The molecule has 1 amide bonds. The van der Waals surface area contributed by atoms with Crippen LogP contribution < -0.4 is 16.8 Å². The summed E-state index contributed by atoms with van der Waals surface area (Å²) in [7, 11) is 0. The Hall–Kier alpha value is -2.14. The van der Waals surface area contributed by atoms with Crippen LogP contribution in [-0.2, 0) is 0 Å². The van der Waals surface area contributed by atoms with Crippen molar-refractivity contribution in [1.29, 1.82) is 0 Å². The minimum atomic E-state index is -0.428. The van der Waals surface area contributed by atoms with Crippen LogP contribution in [0.1, 0.15) is 10.4 Å². The van der Waals surface area contributed by atoms with E-state index < -0.39 is 5.91 Å². The number of nitrogens with one attached hydrogen (secondary N) is 2. The average Bonchev–Trinajstić information content (AvgIpc) is 2.29. The summed E-state index contributed by atoms with van der Waals surface area (Å²) in [5.74, 6) is 4.61. The van der Waals surface area contributed by atoms with Gasteiger partial charge in [0.05, 0.1) is 5.56 Å². The summed E-state index contributed by atoms with van der Waals surface area (Å²) < 4.78 is 0. The average molecular weight is 203 g/mol. The standard InChI is InChI=1S/C10H9N3O2/c11-13-10(15)8-5-12-9(14)7-4-2-1-3-6(7)8/h1-5H,11H2,(H,12,14)(H,13,15). The second-order valence-electron chi connectivity index (χ2n) is 3.05. The third-order valence-electron chi connectivity index (χ3n) is 2.19. The fourth-order valence-electron chi connectivity index (χ4n) is 1.47. The van der Waals surface area contributed by atoms with Gasteiger partial charge in [0.25, 0.3) is 11.5 Å². The molecule has 0 atom stereocenters. The maximum absolute atomic E-state index is 11.4. The molecule has 2 rings (SSSR count). The summed E-state index contributed by atoms with van der Waals surface area (Å²) >= 11 is 0. The molecule has 0 spiro atoms. The zero-order valence-electron chi connectivity index (χ0n) is 7.78. The molecule has 0 aliphatic rings. The van der Waals surface area contributed by atoms with Crippen LogP contribution in [0.4, 0.5) is 0 Å². The molecular formula is C10H9N3O2. The normalized spacial score (nSPS) is 10.2. The van der Waals surface area contributed by atoms with Crippen molar-refractivity contribution in [3.8, 4) is 0 Å². The van der Waals surface area contributed by atoms with Crippen LogP contribution in [0.15, 0.2) is 35.3 Å². The summed E-state index contributed by atoms with van der Waals surface area (Å²) in [4.78, 5) is 25.3. The van der Waals surface area contributed by atoms with E-state index in [2.05, 4.69) is 4.98 Å². The van der Waals surface area contributed by atoms with Gasteiger partial charge in [-0.15, -0.1) is 0 Å². The molecule has 0 radical (unpaired) electrons. The predicted molar refractivity (Wildman–Crippen MR) is 56.2 cm³/mol. The van der Waals surface area contributed by atoms with E-state index in [1.165, 1.54) is 6.20 Å². The van der Waals surface area contributed by atoms with Gasteiger partial charge in [0.2, 0.25) is 0 Å². The summed E-state index contributed by atoms with van der Waals surface area (Å²) in [6, 6.07) is 6.85. The van der Waals surface area contributed by atoms with Gasteiger partial charge in [-0.25, -0.2) is 5.84 Å². The second-order valence-corrected chi connectivity index (χ2v) is 3.05. The number of nitrogen functional groups attached to an aromatic ring is 1. The predicted octanol–water partition coefficient (Wildman–Crippen LogP) is 0.132. The number of carbonyl (C=O) groups excluding carboxylic acids is 1. The lowest BCUT2D eigenvalue weighted by molar-refractivity contribution is 0.0955. The lowest BCUT2D eigenvalue weighted by Gasteiger charge is -2.03. The third kappa shape index (κ3) is 1.49. The van der Waals surface area contributed by atoms with Crippen molar-refractivity contribution < 1.29 is 4.79 Å². The number of hydrogen-bond acceptors (Lipinski definition) is 3. The lowest BCUT2D eigenvalue weighted by atomic mass is 10.1. The molecular weight excluding hydrogens is 194 g/mol. The number of carbonyl (C=O) groups is 1. The largest absolute Gasteiger partial charge is 0.328 e. The zero-order valence-corrected chi connectivity index (χ0v) is 7.78. The number of amides is 1. The Morgan fingerprint density at radius 2 is 1.93 bits per heavy atom. The van der Waals surface area contributed by atoms with Gasteiger partial charge < -0.3 is 4.98 Å². The first-order valence-corrected chi connectivity index (χ1v) is 4.35. The SMILES string of the molecule is NNC(=O)c1c[nH]c(=O)c2ccccc12. The molecule has 0 saturated heterocycles. The molecule has 0 unspecified atom stereocenters. The fraction of sp³-hybridized carbons (Fsp3) is 0. The Labute approximate surface area is 84.9 Å². The number of H-pyrrole nitrogens is 1. The molecule has 1 heterocycles. The Morgan fingerprint density at radius 1 is 1.27 bits per heavy atom. The van der Waals surface area contributed by atoms with E-state index in [4.69, 9.17) is 5.84 Å². The van der Waals surface area contributed by atoms with Gasteiger partial charge in [-0.2, -0.15) is 0 Å². The number of pyridine rings is 1.